The van der Waals surface area contributed by atoms with Gasteiger partial charge in [-0.3, -0.25) is 4.57 Å². The molecule has 2 unspecified atom stereocenters. The molecule has 1 fully saturated rings. The lowest BCUT2D eigenvalue weighted by atomic mass is 9.97. The van der Waals surface area contributed by atoms with Gasteiger partial charge in [0.15, 0.2) is 17.5 Å². The summed E-state index contributed by atoms with van der Waals surface area (Å²) in [6.07, 6.45) is 6.11. The quantitative estimate of drug-likeness (QED) is 0.860. The lowest BCUT2D eigenvalue weighted by Gasteiger charge is -2.29. The zero-order chi connectivity index (χ0) is 15.0. The van der Waals surface area contributed by atoms with Crippen molar-refractivity contribution in [1.29, 1.82) is 0 Å². The fourth-order valence-corrected chi connectivity index (χ4v) is 2.84. The Hall–Kier alpha value is -1.82. The van der Waals surface area contributed by atoms with Crippen LogP contribution >= 0.6 is 0 Å². The van der Waals surface area contributed by atoms with E-state index >= 15 is 0 Å². The van der Waals surface area contributed by atoms with Crippen molar-refractivity contribution in [1.82, 2.24) is 14.9 Å². The van der Waals surface area contributed by atoms with Crippen LogP contribution in [-0.4, -0.2) is 15.6 Å². The van der Waals surface area contributed by atoms with Gasteiger partial charge in [-0.15, -0.1) is 0 Å². The van der Waals surface area contributed by atoms with E-state index in [0.29, 0.717) is 6.04 Å². The lowest BCUT2D eigenvalue weighted by molar-refractivity contribution is 0.333. The molecular weight excluding hydrogens is 279 g/mol. The Morgan fingerprint density at radius 1 is 1.19 bits per heavy atom. The molecule has 1 saturated heterocycles. The Morgan fingerprint density at radius 3 is 2.76 bits per heavy atom. The first-order valence-electron chi connectivity index (χ1n) is 7.00. The second-order valence-electron chi connectivity index (χ2n) is 5.43. The number of nitrogens with one attached hydrogen (secondary N) is 1. The zero-order valence-electron chi connectivity index (χ0n) is 11.6. The van der Waals surface area contributed by atoms with Crippen LogP contribution in [0.2, 0.25) is 0 Å². The molecule has 3 nitrogen and oxygen atoms in total. The molecular formula is C15H16F3N3. The molecule has 0 bridgehead atoms. The smallest absolute Gasteiger partial charge is 0.196 e. The van der Waals surface area contributed by atoms with Gasteiger partial charge in [-0.05, 0) is 38.3 Å². The zero-order valence-corrected chi connectivity index (χ0v) is 11.6. The van der Waals surface area contributed by atoms with Gasteiger partial charge in [0.2, 0.25) is 0 Å². The van der Waals surface area contributed by atoms with Crippen LogP contribution in [0.1, 0.15) is 37.9 Å². The van der Waals surface area contributed by atoms with E-state index in [4.69, 9.17) is 0 Å². The standard InChI is InChI=1S/C15H16F3N3/c1-9-3-2-4-11(20-9)13-7-19-8-21(13)12-6-5-10(16)14(17)15(12)18/h5-9,11,20H,2-4H2,1H3. The number of nitrogens with zero attached hydrogens (tertiary/aromatic N) is 2. The van der Waals surface area contributed by atoms with E-state index < -0.39 is 17.5 Å². The second kappa shape index (κ2) is 5.52. The van der Waals surface area contributed by atoms with E-state index in [1.807, 2.05) is 0 Å². The van der Waals surface area contributed by atoms with Crippen molar-refractivity contribution < 1.29 is 13.2 Å². The highest BCUT2D eigenvalue weighted by molar-refractivity contribution is 5.37. The number of hydrogen-bond donors (Lipinski definition) is 1. The summed E-state index contributed by atoms with van der Waals surface area (Å²) in [4.78, 5) is 4.03. The van der Waals surface area contributed by atoms with Crippen LogP contribution in [0, 0.1) is 17.5 Å². The normalized spacial score (nSPS) is 22.5. The van der Waals surface area contributed by atoms with Crippen LogP contribution in [0.15, 0.2) is 24.7 Å². The van der Waals surface area contributed by atoms with E-state index in [0.717, 1.165) is 31.0 Å². The maximum absolute atomic E-state index is 14.0. The molecule has 6 heteroatoms. The van der Waals surface area contributed by atoms with Gasteiger partial charge in [0.1, 0.15) is 0 Å². The van der Waals surface area contributed by atoms with Crippen LogP contribution in [0.25, 0.3) is 5.69 Å². The first-order valence-corrected chi connectivity index (χ1v) is 7.00. The number of hydrogen-bond acceptors (Lipinski definition) is 2. The highest BCUT2D eigenvalue weighted by Crippen LogP contribution is 2.28. The number of aromatic nitrogens is 2. The lowest BCUT2D eigenvalue weighted by Crippen LogP contribution is -2.35. The third-order valence-electron chi connectivity index (χ3n) is 3.91. The summed E-state index contributed by atoms with van der Waals surface area (Å²) in [6.45, 7) is 2.09. The van der Waals surface area contributed by atoms with Crippen molar-refractivity contribution in [3.63, 3.8) is 0 Å². The molecule has 0 radical (unpaired) electrons. The average molecular weight is 295 g/mol. The number of imidazole rings is 1. The third-order valence-corrected chi connectivity index (χ3v) is 3.91. The van der Waals surface area contributed by atoms with E-state index in [1.165, 1.54) is 17.0 Å². The van der Waals surface area contributed by atoms with Crippen molar-refractivity contribution >= 4 is 0 Å². The van der Waals surface area contributed by atoms with Crippen LogP contribution in [0.5, 0.6) is 0 Å². The average Bonchev–Trinajstić information content (AvgIpc) is 2.94. The fourth-order valence-electron chi connectivity index (χ4n) is 2.84. The van der Waals surface area contributed by atoms with Gasteiger partial charge in [0.25, 0.3) is 0 Å². The Morgan fingerprint density at radius 2 is 2.00 bits per heavy atom. The minimum Gasteiger partial charge on any atom is -0.306 e. The Bertz CT molecular complexity index is 654. The number of benzene rings is 1. The van der Waals surface area contributed by atoms with Gasteiger partial charge in [0, 0.05) is 12.1 Å². The minimum atomic E-state index is -1.46. The van der Waals surface area contributed by atoms with Gasteiger partial charge < -0.3 is 5.32 Å². The maximum Gasteiger partial charge on any atom is 0.196 e. The number of halogens is 3. The molecule has 1 aromatic heterocycles. The summed E-state index contributed by atoms with van der Waals surface area (Å²) in [5, 5.41) is 3.42. The van der Waals surface area contributed by atoms with E-state index in [-0.39, 0.29) is 11.7 Å². The maximum atomic E-state index is 14.0. The summed E-state index contributed by atoms with van der Waals surface area (Å²) in [6, 6.07) is 2.55. The Kier molecular flexibility index (Phi) is 3.71. The molecule has 1 N–H and O–H groups in total. The fraction of sp³-hybridized carbons (Fsp3) is 0.400. The van der Waals surface area contributed by atoms with Crippen LogP contribution in [0.3, 0.4) is 0 Å². The predicted molar refractivity (Wildman–Crippen MR) is 72.6 cm³/mol. The predicted octanol–water partition coefficient (Wildman–Crippen LogP) is 3.49. The van der Waals surface area contributed by atoms with E-state index in [9.17, 15) is 13.2 Å². The summed E-state index contributed by atoms with van der Waals surface area (Å²) in [7, 11) is 0. The van der Waals surface area contributed by atoms with Crippen LogP contribution in [-0.2, 0) is 0 Å². The van der Waals surface area contributed by atoms with Crippen molar-refractivity contribution in [3.8, 4) is 5.69 Å². The van der Waals surface area contributed by atoms with Gasteiger partial charge in [-0.2, -0.15) is 0 Å². The molecule has 0 amide bonds. The molecule has 21 heavy (non-hydrogen) atoms. The molecule has 3 rings (SSSR count). The molecule has 2 atom stereocenters. The first-order chi connectivity index (χ1) is 10.1. The highest BCUT2D eigenvalue weighted by atomic mass is 19.2. The highest BCUT2D eigenvalue weighted by Gasteiger charge is 2.24. The van der Waals surface area contributed by atoms with E-state index in [2.05, 4.69) is 17.2 Å². The van der Waals surface area contributed by atoms with Crippen molar-refractivity contribution in [2.45, 2.75) is 38.3 Å². The first kappa shape index (κ1) is 14.1. The molecule has 1 aliphatic heterocycles. The van der Waals surface area contributed by atoms with Crippen LogP contribution < -0.4 is 5.32 Å². The molecule has 2 heterocycles. The number of rotatable bonds is 2. The SMILES string of the molecule is CC1CCCC(c2cncn2-c2ccc(F)c(F)c2F)N1. The molecule has 112 valence electrons. The summed E-state index contributed by atoms with van der Waals surface area (Å²) in [5.41, 5.74) is 0.730. The molecule has 0 spiro atoms. The summed E-state index contributed by atoms with van der Waals surface area (Å²) >= 11 is 0. The Balaban J connectivity index is 2.01. The van der Waals surface area contributed by atoms with Gasteiger partial charge in [-0.25, -0.2) is 18.2 Å². The van der Waals surface area contributed by atoms with Crippen molar-refractivity contribution in [3.05, 3.63) is 47.8 Å². The second-order valence-corrected chi connectivity index (χ2v) is 5.43. The number of piperidine rings is 1. The largest absolute Gasteiger partial charge is 0.306 e. The molecule has 1 aliphatic rings. The van der Waals surface area contributed by atoms with Crippen LogP contribution in [0.4, 0.5) is 13.2 Å². The van der Waals surface area contributed by atoms with Crippen molar-refractivity contribution in [2.75, 3.05) is 0 Å². The molecule has 2 aromatic rings. The molecule has 1 aromatic carbocycles. The molecule has 0 saturated carbocycles. The van der Waals surface area contributed by atoms with Crippen molar-refractivity contribution in [2.24, 2.45) is 0 Å². The van der Waals surface area contributed by atoms with Gasteiger partial charge >= 0.3 is 0 Å². The van der Waals surface area contributed by atoms with E-state index in [1.54, 1.807) is 6.20 Å². The Labute approximate surface area is 120 Å². The topological polar surface area (TPSA) is 29.9 Å². The van der Waals surface area contributed by atoms with Gasteiger partial charge in [0.05, 0.1) is 23.9 Å². The summed E-state index contributed by atoms with van der Waals surface area (Å²) in [5.74, 6) is -3.85. The minimum absolute atomic E-state index is 0.0265. The van der Waals surface area contributed by atoms with Gasteiger partial charge in [-0.1, -0.05) is 0 Å². The summed E-state index contributed by atoms with van der Waals surface area (Å²) < 4.78 is 41.9. The third kappa shape index (κ3) is 2.55. The molecule has 0 aliphatic carbocycles. The monoisotopic (exact) mass is 295 g/mol.